The number of pyridine rings is 1. The standard InChI is InChI=1S/C18H17F6N3O2S/c19-17(20,21)14-4-1-3-13(11-14)12-30(28,29)27-9-7-26(8-10-27)16-15(18(22,23)24)5-2-6-25-16/h1-6,11H,7-10,12H2. The van der Waals surface area contributed by atoms with Crippen LogP contribution in [0.1, 0.15) is 16.7 Å². The van der Waals surface area contributed by atoms with Crippen LogP contribution in [0.15, 0.2) is 42.6 Å². The highest BCUT2D eigenvalue weighted by atomic mass is 32.2. The molecule has 30 heavy (non-hydrogen) atoms. The lowest BCUT2D eigenvalue weighted by Crippen LogP contribution is -2.49. The summed E-state index contributed by atoms with van der Waals surface area (Å²) in [5, 5.41) is 0. The van der Waals surface area contributed by atoms with E-state index >= 15 is 0 Å². The normalized spacial score (nSPS) is 16.7. The zero-order chi connectivity index (χ0) is 22.2. The van der Waals surface area contributed by atoms with Gasteiger partial charge < -0.3 is 4.90 Å². The second-order valence-corrected chi connectivity index (χ2v) is 8.68. The number of aromatic nitrogens is 1. The Morgan fingerprint density at radius 3 is 2.17 bits per heavy atom. The van der Waals surface area contributed by atoms with Gasteiger partial charge >= 0.3 is 12.4 Å². The van der Waals surface area contributed by atoms with Gasteiger partial charge in [0, 0.05) is 32.4 Å². The van der Waals surface area contributed by atoms with Crippen LogP contribution < -0.4 is 4.90 Å². The number of alkyl halides is 6. The van der Waals surface area contributed by atoms with Crippen molar-refractivity contribution in [1.29, 1.82) is 0 Å². The molecule has 1 aromatic carbocycles. The smallest absolute Gasteiger partial charge is 0.353 e. The van der Waals surface area contributed by atoms with Crippen LogP contribution >= 0.6 is 0 Å². The van der Waals surface area contributed by atoms with E-state index in [2.05, 4.69) is 4.98 Å². The highest BCUT2D eigenvalue weighted by Crippen LogP contribution is 2.35. The van der Waals surface area contributed by atoms with Crippen LogP contribution in [0.4, 0.5) is 32.2 Å². The number of hydrogen-bond acceptors (Lipinski definition) is 4. The average molecular weight is 453 g/mol. The predicted molar refractivity (Wildman–Crippen MR) is 97.1 cm³/mol. The van der Waals surface area contributed by atoms with Gasteiger partial charge in [0.2, 0.25) is 10.0 Å². The fourth-order valence-corrected chi connectivity index (χ4v) is 4.69. The van der Waals surface area contributed by atoms with Gasteiger partial charge in [-0.1, -0.05) is 18.2 Å². The topological polar surface area (TPSA) is 53.5 Å². The van der Waals surface area contributed by atoms with Crippen LogP contribution in [0.5, 0.6) is 0 Å². The molecule has 0 amide bonds. The summed E-state index contributed by atoms with van der Waals surface area (Å²) in [5.41, 5.74) is -1.88. The van der Waals surface area contributed by atoms with Crippen molar-refractivity contribution in [2.75, 3.05) is 31.1 Å². The second-order valence-electron chi connectivity index (χ2n) is 6.71. The van der Waals surface area contributed by atoms with Gasteiger partial charge in [-0.2, -0.15) is 30.6 Å². The Labute approximate surface area is 169 Å². The summed E-state index contributed by atoms with van der Waals surface area (Å²) >= 11 is 0. The fourth-order valence-electron chi connectivity index (χ4n) is 3.19. The minimum Gasteiger partial charge on any atom is -0.353 e. The Morgan fingerprint density at radius 2 is 1.57 bits per heavy atom. The summed E-state index contributed by atoms with van der Waals surface area (Å²) in [6, 6.07) is 6.11. The molecule has 5 nitrogen and oxygen atoms in total. The highest BCUT2D eigenvalue weighted by Gasteiger charge is 2.37. The SMILES string of the molecule is O=S(=O)(Cc1cccc(C(F)(F)F)c1)N1CCN(c2ncccc2C(F)(F)F)CC1. The molecule has 1 aliphatic heterocycles. The first kappa shape index (κ1) is 22.3. The van der Waals surface area contributed by atoms with Crippen LogP contribution in [0, 0.1) is 0 Å². The van der Waals surface area contributed by atoms with Gasteiger partial charge in [-0.05, 0) is 23.8 Å². The minimum atomic E-state index is -4.60. The molecule has 0 unspecified atom stereocenters. The summed E-state index contributed by atoms with van der Waals surface area (Å²) in [6.45, 7) is -0.256. The average Bonchev–Trinajstić information content (AvgIpc) is 2.67. The largest absolute Gasteiger partial charge is 0.419 e. The third-order valence-corrected chi connectivity index (χ3v) is 6.48. The number of benzene rings is 1. The summed E-state index contributed by atoms with van der Waals surface area (Å²) in [6.07, 6.45) is -7.97. The van der Waals surface area contributed by atoms with E-state index in [0.29, 0.717) is 0 Å². The first-order valence-corrected chi connectivity index (χ1v) is 10.4. The molecule has 3 rings (SSSR count). The van der Waals surface area contributed by atoms with Gasteiger partial charge in [0.25, 0.3) is 0 Å². The molecule has 164 valence electrons. The van der Waals surface area contributed by atoms with Crippen molar-refractivity contribution in [3.05, 3.63) is 59.3 Å². The summed E-state index contributed by atoms with van der Waals surface area (Å²) < 4.78 is 104. The quantitative estimate of drug-likeness (QED) is 0.662. The van der Waals surface area contributed by atoms with Gasteiger partial charge in [-0.25, -0.2) is 13.4 Å². The molecule has 0 atom stereocenters. The Hall–Kier alpha value is -2.34. The zero-order valence-electron chi connectivity index (χ0n) is 15.4. The van der Waals surface area contributed by atoms with Crippen LogP contribution in [-0.2, 0) is 28.1 Å². The number of piperazine rings is 1. The van der Waals surface area contributed by atoms with Crippen LogP contribution in [0.3, 0.4) is 0 Å². The molecule has 0 N–H and O–H groups in total. The van der Waals surface area contributed by atoms with Gasteiger partial charge in [0.15, 0.2) is 0 Å². The van der Waals surface area contributed by atoms with Crippen LogP contribution in [0.25, 0.3) is 0 Å². The van der Waals surface area contributed by atoms with Gasteiger partial charge in [-0.15, -0.1) is 0 Å². The van der Waals surface area contributed by atoms with Crippen molar-refractivity contribution in [1.82, 2.24) is 9.29 Å². The summed E-state index contributed by atoms with van der Waals surface area (Å²) in [4.78, 5) is 5.13. The van der Waals surface area contributed by atoms with E-state index in [1.807, 2.05) is 0 Å². The van der Waals surface area contributed by atoms with E-state index in [1.165, 1.54) is 23.2 Å². The first-order chi connectivity index (χ1) is 13.9. The van der Waals surface area contributed by atoms with E-state index in [-0.39, 0.29) is 37.6 Å². The monoisotopic (exact) mass is 453 g/mol. The van der Waals surface area contributed by atoms with Crippen molar-refractivity contribution in [3.63, 3.8) is 0 Å². The maximum absolute atomic E-state index is 13.2. The minimum absolute atomic E-state index is 0.0173. The summed E-state index contributed by atoms with van der Waals surface area (Å²) in [5.74, 6) is -0.908. The predicted octanol–water partition coefficient (Wildman–Crippen LogP) is 3.77. The number of nitrogens with zero attached hydrogens (tertiary/aromatic N) is 3. The van der Waals surface area contributed by atoms with Crippen LogP contribution in [-0.4, -0.2) is 43.9 Å². The lowest BCUT2D eigenvalue weighted by atomic mass is 10.1. The molecule has 1 saturated heterocycles. The molecule has 0 saturated carbocycles. The lowest BCUT2D eigenvalue weighted by molar-refractivity contribution is -0.138. The van der Waals surface area contributed by atoms with Crippen molar-refractivity contribution >= 4 is 15.8 Å². The number of halogens is 6. The lowest BCUT2D eigenvalue weighted by Gasteiger charge is -2.35. The van der Waals surface area contributed by atoms with E-state index < -0.39 is 39.3 Å². The molecule has 0 spiro atoms. The highest BCUT2D eigenvalue weighted by molar-refractivity contribution is 7.88. The van der Waals surface area contributed by atoms with E-state index in [9.17, 15) is 34.8 Å². The van der Waals surface area contributed by atoms with Crippen molar-refractivity contribution < 1.29 is 34.8 Å². The molecule has 1 aromatic heterocycles. The Bertz CT molecular complexity index is 999. The van der Waals surface area contributed by atoms with E-state index in [1.54, 1.807) is 0 Å². The maximum atomic E-state index is 13.2. The van der Waals surface area contributed by atoms with E-state index in [0.717, 1.165) is 28.6 Å². The van der Waals surface area contributed by atoms with E-state index in [4.69, 9.17) is 0 Å². The second kappa shape index (κ2) is 8.06. The third-order valence-electron chi connectivity index (χ3n) is 4.63. The molecule has 0 radical (unpaired) electrons. The van der Waals surface area contributed by atoms with Crippen molar-refractivity contribution in [3.8, 4) is 0 Å². The molecular weight excluding hydrogens is 436 g/mol. The molecule has 1 fully saturated rings. The molecule has 0 aliphatic carbocycles. The third kappa shape index (κ3) is 5.04. The van der Waals surface area contributed by atoms with Crippen molar-refractivity contribution in [2.24, 2.45) is 0 Å². The Kier molecular flexibility index (Phi) is 6.01. The first-order valence-electron chi connectivity index (χ1n) is 8.79. The molecule has 12 heteroatoms. The summed E-state index contributed by atoms with van der Waals surface area (Å²) in [7, 11) is -3.95. The number of hydrogen-bond donors (Lipinski definition) is 0. The number of sulfonamides is 1. The molecule has 2 aromatic rings. The zero-order valence-corrected chi connectivity index (χ0v) is 16.2. The van der Waals surface area contributed by atoms with Gasteiger partial charge in [-0.3, -0.25) is 0 Å². The number of rotatable bonds is 4. The molecule has 0 bridgehead atoms. The van der Waals surface area contributed by atoms with Gasteiger partial charge in [0.1, 0.15) is 5.82 Å². The van der Waals surface area contributed by atoms with Gasteiger partial charge in [0.05, 0.1) is 16.9 Å². The molecule has 2 heterocycles. The number of anilines is 1. The van der Waals surface area contributed by atoms with Crippen molar-refractivity contribution in [2.45, 2.75) is 18.1 Å². The Morgan fingerprint density at radius 1 is 0.900 bits per heavy atom. The molecular formula is C18H17F6N3O2S. The maximum Gasteiger partial charge on any atom is 0.419 e. The fraction of sp³-hybridized carbons (Fsp3) is 0.389. The van der Waals surface area contributed by atoms with Crippen LogP contribution in [0.2, 0.25) is 0 Å². The Balaban J connectivity index is 1.71. The molecule has 1 aliphatic rings.